The number of rotatable bonds is 8. The van der Waals surface area contributed by atoms with Crippen LogP contribution >= 0.6 is 0 Å². The summed E-state index contributed by atoms with van der Waals surface area (Å²) < 4.78 is 26.3. The van der Waals surface area contributed by atoms with Gasteiger partial charge in [0.05, 0.1) is 15.7 Å². The summed E-state index contributed by atoms with van der Waals surface area (Å²) in [6.07, 6.45) is 2.74. The third-order valence-corrected chi connectivity index (χ3v) is 5.13. The molecule has 0 aromatic carbocycles. The SMILES string of the molecule is CC1OC(CC(C)(CCCCO)NS(=O)C(C)(C)C)O1. The summed E-state index contributed by atoms with van der Waals surface area (Å²) in [6.45, 7) is 9.93. The Hall–Kier alpha value is -0.0100. The van der Waals surface area contributed by atoms with Crippen LogP contribution in [0.15, 0.2) is 0 Å². The van der Waals surface area contributed by atoms with Crippen LogP contribution in [0.3, 0.4) is 0 Å². The predicted molar refractivity (Wildman–Crippen MR) is 80.4 cm³/mol. The summed E-state index contributed by atoms with van der Waals surface area (Å²) in [7, 11) is -1.14. The largest absolute Gasteiger partial charge is 0.396 e. The van der Waals surface area contributed by atoms with E-state index in [0.29, 0.717) is 6.42 Å². The number of aliphatic hydroxyl groups is 1. The van der Waals surface area contributed by atoms with Gasteiger partial charge in [-0.2, -0.15) is 0 Å². The maximum atomic E-state index is 12.3. The molecule has 0 aromatic rings. The summed E-state index contributed by atoms with van der Waals surface area (Å²) in [5.41, 5.74) is -0.321. The second-order valence-electron chi connectivity index (χ2n) is 6.70. The zero-order valence-electron chi connectivity index (χ0n) is 13.3. The maximum Gasteiger partial charge on any atom is 0.165 e. The van der Waals surface area contributed by atoms with E-state index in [-0.39, 0.29) is 29.5 Å². The van der Waals surface area contributed by atoms with E-state index >= 15 is 0 Å². The fourth-order valence-corrected chi connectivity index (χ4v) is 3.04. The molecule has 1 aliphatic heterocycles. The van der Waals surface area contributed by atoms with E-state index in [1.807, 2.05) is 34.6 Å². The van der Waals surface area contributed by atoms with Crippen LogP contribution in [0, 0.1) is 0 Å². The lowest BCUT2D eigenvalue weighted by Gasteiger charge is -2.41. The van der Waals surface area contributed by atoms with Crippen molar-refractivity contribution in [3.63, 3.8) is 0 Å². The Bertz CT molecular complexity index is 326. The molecule has 5 nitrogen and oxygen atoms in total. The second-order valence-corrected chi connectivity index (χ2v) is 8.66. The summed E-state index contributed by atoms with van der Waals surface area (Å²) in [6, 6.07) is 0. The molecule has 0 aromatic heterocycles. The van der Waals surface area contributed by atoms with E-state index in [1.54, 1.807) is 0 Å². The molecule has 0 amide bonds. The van der Waals surface area contributed by atoms with Crippen LogP contribution in [0.25, 0.3) is 0 Å². The molecule has 2 unspecified atom stereocenters. The molecule has 0 bridgehead atoms. The minimum absolute atomic E-state index is 0.144. The van der Waals surface area contributed by atoms with Crippen molar-refractivity contribution < 1.29 is 18.8 Å². The standard InChI is InChI=1S/C14H29NO4S/c1-11-18-12(19-11)10-14(5,8-6-7-9-16)15-20(17)13(2,3)4/h11-12,15-16H,6-10H2,1-5H3. The number of aliphatic hydroxyl groups excluding tert-OH is 1. The molecule has 1 heterocycles. The van der Waals surface area contributed by atoms with E-state index in [2.05, 4.69) is 4.72 Å². The molecule has 1 rings (SSSR count). The Balaban J connectivity index is 2.60. The van der Waals surface area contributed by atoms with Gasteiger partial charge in [0.1, 0.15) is 0 Å². The second kappa shape index (κ2) is 7.31. The van der Waals surface area contributed by atoms with Gasteiger partial charge in [-0.25, -0.2) is 8.93 Å². The molecule has 6 heteroatoms. The first-order valence-corrected chi connectivity index (χ1v) is 8.43. The Kier molecular flexibility index (Phi) is 6.60. The first kappa shape index (κ1) is 18.0. The number of unbranched alkanes of at least 4 members (excludes halogenated alkanes) is 1. The molecule has 1 saturated heterocycles. The molecular formula is C14H29NO4S. The first-order chi connectivity index (χ1) is 9.16. The van der Waals surface area contributed by atoms with Gasteiger partial charge in [0, 0.05) is 18.6 Å². The topological polar surface area (TPSA) is 67.8 Å². The van der Waals surface area contributed by atoms with Crippen LogP contribution in [0.1, 0.15) is 60.3 Å². The smallest absolute Gasteiger partial charge is 0.165 e. The summed E-state index contributed by atoms with van der Waals surface area (Å²) in [5, 5.41) is 8.92. The molecule has 0 spiro atoms. The molecule has 0 radical (unpaired) electrons. The predicted octanol–water partition coefficient (Wildman–Crippen LogP) is 2.07. The van der Waals surface area contributed by atoms with Crippen molar-refractivity contribution >= 4 is 11.0 Å². The van der Waals surface area contributed by atoms with Gasteiger partial charge in [-0.05, 0) is 53.9 Å². The Morgan fingerprint density at radius 3 is 2.25 bits per heavy atom. The normalized spacial score (nSPS) is 27.7. The lowest BCUT2D eigenvalue weighted by molar-refractivity contribution is -0.380. The van der Waals surface area contributed by atoms with E-state index < -0.39 is 11.0 Å². The molecule has 0 aliphatic carbocycles. The van der Waals surface area contributed by atoms with E-state index in [4.69, 9.17) is 14.6 Å². The molecule has 2 atom stereocenters. The average Bonchev–Trinajstić information content (AvgIpc) is 2.26. The van der Waals surface area contributed by atoms with E-state index in [0.717, 1.165) is 19.3 Å². The maximum absolute atomic E-state index is 12.3. The highest BCUT2D eigenvalue weighted by Gasteiger charge is 2.37. The van der Waals surface area contributed by atoms with Gasteiger partial charge in [0.25, 0.3) is 0 Å². The Morgan fingerprint density at radius 1 is 1.20 bits per heavy atom. The number of nitrogens with one attached hydrogen (secondary N) is 1. The molecule has 0 saturated carbocycles. The van der Waals surface area contributed by atoms with Gasteiger partial charge in [-0.3, -0.25) is 0 Å². The number of ether oxygens (including phenoxy) is 2. The molecule has 1 fully saturated rings. The van der Waals surface area contributed by atoms with Gasteiger partial charge in [-0.15, -0.1) is 0 Å². The van der Waals surface area contributed by atoms with Crippen molar-refractivity contribution in [2.75, 3.05) is 6.61 Å². The van der Waals surface area contributed by atoms with Crippen LogP contribution < -0.4 is 4.72 Å². The Morgan fingerprint density at radius 2 is 1.80 bits per heavy atom. The fraction of sp³-hybridized carbons (Fsp3) is 1.00. The van der Waals surface area contributed by atoms with Gasteiger partial charge in [-0.1, -0.05) is 0 Å². The fourth-order valence-electron chi connectivity index (χ4n) is 2.10. The molecule has 120 valence electrons. The van der Waals surface area contributed by atoms with E-state index in [1.165, 1.54) is 0 Å². The van der Waals surface area contributed by atoms with Crippen LogP contribution in [-0.4, -0.2) is 38.8 Å². The summed E-state index contributed by atoms with van der Waals surface area (Å²) >= 11 is 0. The van der Waals surface area contributed by atoms with Crippen LogP contribution in [0.2, 0.25) is 0 Å². The van der Waals surface area contributed by atoms with Gasteiger partial charge in [0.2, 0.25) is 0 Å². The molecular weight excluding hydrogens is 278 g/mol. The number of hydrogen-bond acceptors (Lipinski definition) is 4. The average molecular weight is 307 g/mol. The van der Waals surface area contributed by atoms with Crippen molar-refractivity contribution in [1.82, 2.24) is 4.72 Å². The molecule has 2 N–H and O–H groups in total. The monoisotopic (exact) mass is 307 g/mol. The highest BCUT2D eigenvalue weighted by molar-refractivity contribution is 7.84. The first-order valence-electron chi connectivity index (χ1n) is 7.28. The third kappa shape index (κ3) is 5.77. The van der Waals surface area contributed by atoms with Gasteiger partial charge in [0.15, 0.2) is 12.6 Å². The number of hydrogen-bond donors (Lipinski definition) is 2. The lowest BCUT2D eigenvalue weighted by atomic mass is 9.92. The van der Waals surface area contributed by atoms with Crippen molar-refractivity contribution in [2.24, 2.45) is 0 Å². The zero-order valence-corrected chi connectivity index (χ0v) is 14.1. The minimum Gasteiger partial charge on any atom is -0.396 e. The van der Waals surface area contributed by atoms with Gasteiger partial charge >= 0.3 is 0 Å². The van der Waals surface area contributed by atoms with Crippen molar-refractivity contribution in [1.29, 1.82) is 0 Å². The zero-order chi connectivity index (χ0) is 15.4. The third-order valence-electron chi connectivity index (χ3n) is 3.34. The summed E-state index contributed by atoms with van der Waals surface area (Å²) in [4.78, 5) is 0. The lowest BCUT2D eigenvalue weighted by Crippen LogP contribution is -2.53. The molecule has 20 heavy (non-hydrogen) atoms. The summed E-state index contributed by atoms with van der Waals surface area (Å²) in [5.74, 6) is 0. The van der Waals surface area contributed by atoms with Gasteiger partial charge < -0.3 is 14.6 Å². The van der Waals surface area contributed by atoms with Crippen LogP contribution in [-0.2, 0) is 20.5 Å². The van der Waals surface area contributed by atoms with E-state index in [9.17, 15) is 4.21 Å². The highest BCUT2D eigenvalue weighted by Crippen LogP contribution is 2.29. The van der Waals surface area contributed by atoms with Crippen LogP contribution in [0.4, 0.5) is 0 Å². The van der Waals surface area contributed by atoms with Crippen molar-refractivity contribution in [2.45, 2.75) is 83.2 Å². The minimum atomic E-state index is -1.14. The van der Waals surface area contributed by atoms with Crippen molar-refractivity contribution in [3.8, 4) is 0 Å². The quantitative estimate of drug-likeness (QED) is 0.674. The van der Waals surface area contributed by atoms with Crippen LogP contribution in [0.5, 0.6) is 0 Å². The van der Waals surface area contributed by atoms with Crippen molar-refractivity contribution in [3.05, 3.63) is 0 Å². The molecule has 1 aliphatic rings. The highest BCUT2D eigenvalue weighted by atomic mass is 32.2. The Labute approximate surface area is 125 Å².